The maximum absolute atomic E-state index is 6.37. The number of hydrogen-bond acceptors (Lipinski definition) is 4. The van der Waals surface area contributed by atoms with Crippen molar-refractivity contribution < 1.29 is 4.74 Å². The zero-order valence-corrected chi connectivity index (χ0v) is 11.7. The van der Waals surface area contributed by atoms with E-state index in [0.29, 0.717) is 18.2 Å². The minimum absolute atomic E-state index is 0.223. The summed E-state index contributed by atoms with van der Waals surface area (Å²) in [6.07, 6.45) is 4.35. The Morgan fingerprint density at radius 3 is 2.72 bits per heavy atom. The number of thiophene rings is 1. The summed E-state index contributed by atoms with van der Waals surface area (Å²) in [6, 6.07) is 4.95. The van der Waals surface area contributed by atoms with Crippen LogP contribution in [0.3, 0.4) is 0 Å². The van der Waals surface area contributed by atoms with Gasteiger partial charge in [-0.3, -0.25) is 4.90 Å². The van der Waals surface area contributed by atoms with Crippen LogP contribution in [0.5, 0.6) is 0 Å². The lowest BCUT2D eigenvalue weighted by Crippen LogP contribution is -2.49. The van der Waals surface area contributed by atoms with Crippen molar-refractivity contribution >= 4 is 11.3 Å². The first-order valence-electron chi connectivity index (χ1n) is 6.96. The fourth-order valence-electron chi connectivity index (χ4n) is 3.22. The highest BCUT2D eigenvalue weighted by atomic mass is 32.1. The summed E-state index contributed by atoms with van der Waals surface area (Å²) in [7, 11) is 0. The lowest BCUT2D eigenvalue weighted by molar-refractivity contribution is -0.0563. The van der Waals surface area contributed by atoms with Crippen molar-refractivity contribution in [2.24, 2.45) is 5.73 Å². The van der Waals surface area contributed by atoms with Gasteiger partial charge in [0.05, 0.1) is 18.2 Å². The van der Waals surface area contributed by atoms with Crippen molar-refractivity contribution in [3.05, 3.63) is 22.4 Å². The minimum Gasteiger partial charge on any atom is -0.372 e. The predicted octanol–water partition coefficient (Wildman–Crippen LogP) is 2.39. The van der Waals surface area contributed by atoms with Crippen LogP contribution in [-0.4, -0.2) is 36.2 Å². The Balaban J connectivity index is 1.80. The molecule has 4 unspecified atom stereocenters. The van der Waals surface area contributed by atoms with Gasteiger partial charge in [0.2, 0.25) is 0 Å². The van der Waals surface area contributed by atoms with Gasteiger partial charge in [0, 0.05) is 24.0 Å². The third-order valence-electron chi connectivity index (χ3n) is 4.18. The number of likely N-dealkylation sites (tertiary alicyclic amines) is 1. The Bertz CT molecular complexity index is 369. The van der Waals surface area contributed by atoms with E-state index < -0.39 is 0 Å². The van der Waals surface area contributed by atoms with Gasteiger partial charge < -0.3 is 10.5 Å². The molecule has 4 heteroatoms. The Kier molecular flexibility index (Phi) is 3.71. The van der Waals surface area contributed by atoms with Crippen LogP contribution in [0.15, 0.2) is 17.5 Å². The van der Waals surface area contributed by atoms with Crippen LogP contribution in [-0.2, 0) is 4.74 Å². The summed E-state index contributed by atoms with van der Waals surface area (Å²) in [5.41, 5.74) is 6.37. The lowest BCUT2D eigenvalue weighted by atomic mass is 10.0. The Hall–Kier alpha value is -0.420. The number of hydrogen-bond donors (Lipinski definition) is 1. The standard InChI is InChI=1S/C14H22N2OS/c1-2-12(15)14(13-4-3-7-18-13)16-8-10-5-6-11(9-16)17-10/h3-4,7,10-12,14H,2,5-6,8-9,15H2,1H3. The van der Waals surface area contributed by atoms with Gasteiger partial charge in [0.15, 0.2) is 0 Å². The molecule has 18 heavy (non-hydrogen) atoms. The monoisotopic (exact) mass is 266 g/mol. The van der Waals surface area contributed by atoms with Crippen LogP contribution in [0.4, 0.5) is 0 Å². The Labute approximate surface area is 113 Å². The highest BCUT2D eigenvalue weighted by molar-refractivity contribution is 7.10. The molecule has 2 aliphatic rings. The SMILES string of the molecule is CCC(N)C(c1cccs1)N1CC2CCC(C1)O2. The van der Waals surface area contributed by atoms with Gasteiger partial charge in [0.25, 0.3) is 0 Å². The van der Waals surface area contributed by atoms with E-state index in [1.165, 1.54) is 17.7 Å². The van der Waals surface area contributed by atoms with E-state index >= 15 is 0 Å². The number of morpholine rings is 1. The number of nitrogens with two attached hydrogens (primary N) is 1. The molecule has 1 aromatic rings. The second kappa shape index (κ2) is 5.29. The van der Waals surface area contributed by atoms with Crippen LogP contribution in [0.25, 0.3) is 0 Å². The highest BCUT2D eigenvalue weighted by Crippen LogP contribution is 2.35. The molecule has 0 spiro atoms. The average Bonchev–Trinajstić information content (AvgIpc) is 3.00. The van der Waals surface area contributed by atoms with E-state index in [4.69, 9.17) is 10.5 Å². The zero-order chi connectivity index (χ0) is 12.5. The molecular weight excluding hydrogens is 244 g/mol. The molecule has 0 saturated carbocycles. The van der Waals surface area contributed by atoms with Gasteiger partial charge in [-0.2, -0.15) is 0 Å². The van der Waals surface area contributed by atoms with E-state index in [0.717, 1.165) is 19.5 Å². The van der Waals surface area contributed by atoms with E-state index in [9.17, 15) is 0 Å². The normalized spacial score (nSPS) is 31.4. The molecule has 0 aromatic carbocycles. The van der Waals surface area contributed by atoms with E-state index in [-0.39, 0.29) is 6.04 Å². The summed E-state index contributed by atoms with van der Waals surface area (Å²) in [5.74, 6) is 0. The minimum atomic E-state index is 0.223. The maximum Gasteiger partial charge on any atom is 0.0707 e. The second-order valence-corrected chi connectivity index (χ2v) is 6.42. The molecule has 2 bridgehead atoms. The smallest absolute Gasteiger partial charge is 0.0707 e. The van der Waals surface area contributed by atoms with Gasteiger partial charge in [-0.1, -0.05) is 13.0 Å². The van der Waals surface area contributed by atoms with Crippen molar-refractivity contribution in [3.63, 3.8) is 0 Å². The highest BCUT2D eigenvalue weighted by Gasteiger charge is 2.38. The average molecular weight is 266 g/mol. The summed E-state index contributed by atoms with van der Waals surface area (Å²) in [6.45, 7) is 4.28. The number of ether oxygens (including phenoxy) is 1. The van der Waals surface area contributed by atoms with Crippen LogP contribution in [0.1, 0.15) is 37.1 Å². The maximum atomic E-state index is 6.37. The van der Waals surface area contributed by atoms with Crippen LogP contribution in [0, 0.1) is 0 Å². The van der Waals surface area contributed by atoms with Crippen LogP contribution in [0.2, 0.25) is 0 Å². The fourth-order valence-corrected chi connectivity index (χ4v) is 4.15. The molecule has 3 heterocycles. The molecule has 2 aliphatic heterocycles. The van der Waals surface area contributed by atoms with Crippen molar-refractivity contribution in [3.8, 4) is 0 Å². The van der Waals surface area contributed by atoms with E-state index in [2.05, 4.69) is 29.3 Å². The van der Waals surface area contributed by atoms with Crippen molar-refractivity contribution in [1.82, 2.24) is 4.90 Å². The summed E-state index contributed by atoms with van der Waals surface area (Å²) in [5, 5.41) is 2.15. The van der Waals surface area contributed by atoms with E-state index in [1.807, 2.05) is 11.3 Å². The van der Waals surface area contributed by atoms with Gasteiger partial charge in [-0.25, -0.2) is 0 Å². The molecule has 2 saturated heterocycles. The molecule has 0 aliphatic carbocycles. The largest absolute Gasteiger partial charge is 0.372 e. The summed E-state index contributed by atoms with van der Waals surface area (Å²) in [4.78, 5) is 3.97. The quantitative estimate of drug-likeness (QED) is 0.909. The number of fused-ring (bicyclic) bond motifs is 2. The molecular formula is C14H22N2OS. The molecule has 100 valence electrons. The third kappa shape index (κ3) is 2.35. The zero-order valence-electron chi connectivity index (χ0n) is 10.9. The summed E-state index contributed by atoms with van der Waals surface area (Å²) >= 11 is 1.83. The van der Waals surface area contributed by atoms with Gasteiger partial charge in [-0.05, 0) is 30.7 Å². The molecule has 2 fully saturated rings. The Morgan fingerprint density at radius 2 is 2.17 bits per heavy atom. The molecule has 3 rings (SSSR count). The van der Waals surface area contributed by atoms with Gasteiger partial charge in [-0.15, -0.1) is 11.3 Å². The van der Waals surface area contributed by atoms with Crippen molar-refractivity contribution in [2.45, 2.75) is 50.5 Å². The van der Waals surface area contributed by atoms with E-state index in [1.54, 1.807) is 0 Å². The van der Waals surface area contributed by atoms with Crippen LogP contribution >= 0.6 is 11.3 Å². The topological polar surface area (TPSA) is 38.5 Å². The first-order valence-corrected chi connectivity index (χ1v) is 7.84. The van der Waals surface area contributed by atoms with Crippen molar-refractivity contribution in [2.75, 3.05) is 13.1 Å². The Morgan fingerprint density at radius 1 is 1.44 bits per heavy atom. The lowest BCUT2D eigenvalue weighted by Gasteiger charge is -2.40. The third-order valence-corrected chi connectivity index (χ3v) is 5.12. The summed E-state index contributed by atoms with van der Waals surface area (Å²) < 4.78 is 5.93. The van der Waals surface area contributed by atoms with Gasteiger partial charge in [0.1, 0.15) is 0 Å². The molecule has 2 N–H and O–H groups in total. The molecule has 3 nitrogen and oxygen atoms in total. The molecule has 0 amide bonds. The van der Waals surface area contributed by atoms with Crippen LogP contribution < -0.4 is 5.73 Å². The predicted molar refractivity (Wildman–Crippen MR) is 74.8 cm³/mol. The molecule has 0 radical (unpaired) electrons. The first kappa shape index (κ1) is 12.6. The second-order valence-electron chi connectivity index (χ2n) is 5.44. The molecule has 4 atom stereocenters. The fraction of sp³-hybridized carbons (Fsp3) is 0.714. The number of rotatable bonds is 4. The van der Waals surface area contributed by atoms with Crippen molar-refractivity contribution in [1.29, 1.82) is 0 Å². The molecule has 1 aromatic heterocycles. The van der Waals surface area contributed by atoms with Gasteiger partial charge >= 0.3 is 0 Å². The first-order chi connectivity index (χ1) is 8.78. The number of nitrogens with zero attached hydrogens (tertiary/aromatic N) is 1.